The highest BCUT2D eigenvalue weighted by Crippen LogP contribution is 2.15. The second-order valence-corrected chi connectivity index (χ2v) is 6.61. The van der Waals surface area contributed by atoms with E-state index in [1.54, 1.807) is 0 Å². The van der Waals surface area contributed by atoms with Crippen molar-refractivity contribution in [1.29, 1.82) is 0 Å². The number of nitrogen functional groups attached to an aromatic ring is 1. The molecule has 0 saturated carbocycles. The molecule has 1 aliphatic rings. The lowest BCUT2D eigenvalue weighted by atomic mass is 10.2. The van der Waals surface area contributed by atoms with Crippen LogP contribution < -0.4 is 11.1 Å². The molecule has 1 fully saturated rings. The summed E-state index contributed by atoms with van der Waals surface area (Å²) in [7, 11) is 0. The molecule has 1 atom stereocenters. The first kappa shape index (κ1) is 15.6. The topological polar surface area (TPSA) is 67.6 Å². The Kier molecular flexibility index (Phi) is 4.73. The minimum Gasteiger partial charge on any atom is -0.444 e. The number of anilines is 1. The number of amides is 1. The number of hydrogen-bond acceptors (Lipinski definition) is 4. The number of rotatable bonds is 3. The zero-order valence-electron chi connectivity index (χ0n) is 13.1. The van der Waals surface area contributed by atoms with Crippen molar-refractivity contribution < 1.29 is 9.53 Å². The van der Waals surface area contributed by atoms with Gasteiger partial charge in [-0.3, -0.25) is 4.90 Å². The average molecular weight is 291 g/mol. The van der Waals surface area contributed by atoms with Gasteiger partial charge in [-0.05, 0) is 44.9 Å². The first-order valence-electron chi connectivity index (χ1n) is 7.38. The molecule has 116 valence electrons. The third kappa shape index (κ3) is 5.27. The molecule has 1 heterocycles. The number of benzene rings is 1. The van der Waals surface area contributed by atoms with Crippen LogP contribution in [0.25, 0.3) is 0 Å². The third-order valence-electron chi connectivity index (χ3n) is 3.38. The fourth-order valence-electron chi connectivity index (χ4n) is 2.45. The summed E-state index contributed by atoms with van der Waals surface area (Å²) in [6.07, 6.45) is 0.621. The quantitative estimate of drug-likeness (QED) is 0.839. The van der Waals surface area contributed by atoms with Gasteiger partial charge in [-0.25, -0.2) is 4.79 Å². The van der Waals surface area contributed by atoms with E-state index >= 15 is 0 Å². The van der Waals surface area contributed by atoms with Gasteiger partial charge in [0.15, 0.2) is 0 Å². The molecule has 1 aromatic carbocycles. The molecule has 5 heteroatoms. The third-order valence-corrected chi connectivity index (χ3v) is 3.38. The van der Waals surface area contributed by atoms with Crippen LogP contribution >= 0.6 is 0 Å². The van der Waals surface area contributed by atoms with Gasteiger partial charge in [-0.1, -0.05) is 12.1 Å². The molecule has 0 unspecified atom stereocenters. The molecule has 0 spiro atoms. The lowest BCUT2D eigenvalue weighted by Crippen LogP contribution is -2.40. The highest BCUT2D eigenvalue weighted by Gasteiger charge is 2.25. The van der Waals surface area contributed by atoms with E-state index in [0.717, 1.165) is 31.7 Å². The number of nitrogens with zero attached hydrogens (tertiary/aromatic N) is 1. The molecule has 2 rings (SSSR count). The summed E-state index contributed by atoms with van der Waals surface area (Å²) in [6.45, 7) is 8.32. The van der Waals surface area contributed by atoms with Crippen molar-refractivity contribution >= 4 is 11.8 Å². The van der Waals surface area contributed by atoms with Gasteiger partial charge in [0.2, 0.25) is 0 Å². The molecular weight excluding hydrogens is 266 g/mol. The Morgan fingerprint density at radius 3 is 2.67 bits per heavy atom. The molecule has 1 aliphatic heterocycles. The Bertz CT molecular complexity index is 479. The zero-order valence-corrected chi connectivity index (χ0v) is 13.1. The normalized spacial score (nSPS) is 19.5. The SMILES string of the molecule is CC(C)(C)OC(=O)N[C@H]1CCN(Cc2ccc(N)cc2)C1. The number of nitrogens with one attached hydrogen (secondary N) is 1. The van der Waals surface area contributed by atoms with Gasteiger partial charge < -0.3 is 15.8 Å². The summed E-state index contributed by atoms with van der Waals surface area (Å²) in [4.78, 5) is 14.1. The maximum Gasteiger partial charge on any atom is 0.407 e. The van der Waals surface area contributed by atoms with Crippen molar-refractivity contribution in [3.05, 3.63) is 29.8 Å². The highest BCUT2D eigenvalue weighted by molar-refractivity contribution is 5.68. The molecule has 21 heavy (non-hydrogen) atoms. The van der Waals surface area contributed by atoms with Crippen molar-refractivity contribution in [3.63, 3.8) is 0 Å². The second kappa shape index (κ2) is 6.35. The van der Waals surface area contributed by atoms with Crippen LogP contribution in [-0.4, -0.2) is 35.7 Å². The maximum absolute atomic E-state index is 11.8. The van der Waals surface area contributed by atoms with Crippen molar-refractivity contribution in [3.8, 4) is 0 Å². The largest absolute Gasteiger partial charge is 0.444 e. The van der Waals surface area contributed by atoms with Gasteiger partial charge >= 0.3 is 6.09 Å². The number of nitrogens with two attached hydrogens (primary N) is 1. The second-order valence-electron chi connectivity index (χ2n) is 6.61. The van der Waals surface area contributed by atoms with E-state index in [4.69, 9.17) is 10.5 Å². The fraction of sp³-hybridized carbons (Fsp3) is 0.562. The highest BCUT2D eigenvalue weighted by atomic mass is 16.6. The Morgan fingerprint density at radius 1 is 1.38 bits per heavy atom. The Morgan fingerprint density at radius 2 is 2.05 bits per heavy atom. The summed E-state index contributed by atoms with van der Waals surface area (Å²) >= 11 is 0. The zero-order chi connectivity index (χ0) is 15.5. The summed E-state index contributed by atoms with van der Waals surface area (Å²) < 4.78 is 5.28. The Balaban J connectivity index is 1.78. The molecule has 5 nitrogen and oxygen atoms in total. The van der Waals surface area contributed by atoms with E-state index in [-0.39, 0.29) is 12.1 Å². The predicted octanol–water partition coefficient (Wildman–Crippen LogP) is 2.37. The molecule has 3 N–H and O–H groups in total. The van der Waals surface area contributed by atoms with Gasteiger partial charge in [0, 0.05) is 31.4 Å². The monoisotopic (exact) mass is 291 g/mol. The number of alkyl carbamates (subject to hydrolysis) is 1. The van der Waals surface area contributed by atoms with Crippen LogP contribution in [-0.2, 0) is 11.3 Å². The Labute approximate surface area is 126 Å². The van der Waals surface area contributed by atoms with Crippen LogP contribution in [0.1, 0.15) is 32.8 Å². The van der Waals surface area contributed by atoms with Crippen LogP contribution in [0.3, 0.4) is 0 Å². The fourth-order valence-corrected chi connectivity index (χ4v) is 2.45. The van der Waals surface area contributed by atoms with E-state index < -0.39 is 5.60 Å². The van der Waals surface area contributed by atoms with Crippen LogP contribution in [0.2, 0.25) is 0 Å². The minimum atomic E-state index is -0.452. The van der Waals surface area contributed by atoms with E-state index in [1.807, 2.05) is 45.0 Å². The molecule has 1 saturated heterocycles. The lowest BCUT2D eigenvalue weighted by Gasteiger charge is -2.22. The molecule has 0 bridgehead atoms. The van der Waals surface area contributed by atoms with Crippen molar-refractivity contribution in [2.75, 3.05) is 18.8 Å². The molecule has 0 aliphatic carbocycles. The summed E-state index contributed by atoms with van der Waals surface area (Å²) in [5.74, 6) is 0. The average Bonchev–Trinajstić information content (AvgIpc) is 2.77. The van der Waals surface area contributed by atoms with Gasteiger partial charge in [0.1, 0.15) is 5.60 Å². The van der Waals surface area contributed by atoms with Crippen LogP contribution in [0, 0.1) is 0 Å². The molecular formula is C16H25N3O2. The van der Waals surface area contributed by atoms with Crippen molar-refractivity contribution in [2.45, 2.75) is 45.4 Å². The number of hydrogen-bond donors (Lipinski definition) is 2. The molecule has 1 amide bonds. The van der Waals surface area contributed by atoms with Crippen molar-refractivity contribution in [2.24, 2.45) is 0 Å². The first-order chi connectivity index (χ1) is 9.82. The van der Waals surface area contributed by atoms with Crippen LogP contribution in [0.4, 0.5) is 10.5 Å². The van der Waals surface area contributed by atoms with E-state index in [1.165, 1.54) is 5.56 Å². The van der Waals surface area contributed by atoms with E-state index in [2.05, 4.69) is 10.2 Å². The minimum absolute atomic E-state index is 0.161. The number of likely N-dealkylation sites (tertiary alicyclic amines) is 1. The smallest absolute Gasteiger partial charge is 0.407 e. The number of ether oxygens (including phenoxy) is 1. The van der Waals surface area contributed by atoms with Crippen LogP contribution in [0.15, 0.2) is 24.3 Å². The van der Waals surface area contributed by atoms with E-state index in [0.29, 0.717) is 0 Å². The predicted molar refractivity (Wildman–Crippen MR) is 83.9 cm³/mol. The Hall–Kier alpha value is -1.75. The number of carbonyl (C=O) groups excluding carboxylic acids is 1. The number of carbonyl (C=O) groups is 1. The van der Waals surface area contributed by atoms with E-state index in [9.17, 15) is 4.79 Å². The summed E-state index contributed by atoms with van der Waals surface area (Å²) in [6, 6.07) is 8.09. The van der Waals surface area contributed by atoms with Gasteiger partial charge in [-0.2, -0.15) is 0 Å². The summed E-state index contributed by atoms with van der Waals surface area (Å²) in [5.41, 5.74) is 7.26. The maximum atomic E-state index is 11.8. The molecule has 1 aromatic rings. The van der Waals surface area contributed by atoms with Gasteiger partial charge in [0.25, 0.3) is 0 Å². The van der Waals surface area contributed by atoms with Gasteiger partial charge in [0.05, 0.1) is 0 Å². The standard InChI is InChI=1S/C16H25N3O2/c1-16(2,3)21-15(20)18-14-8-9-19(11-14)10-12-4-6-13(17)7-5-12/h4-7,14H,8-11,17H2,1-3H3,(H,18,20)/t14-/m0/s1. The lowest BCUT2D eigenvalue weighted by molar-refractivity contribution is 0.0506. The van der Waals surface area contributed by atoms with Crippen molar-refractivity contribution in [1.82, 2.24) is 10.2 Å². The van der Waals surface area contributed by atoms with Gasteiger partial charge in [-0.15, -0.1) is 0 Å². The van der Waals surface area contributed by atoms with Crippen LogP contribution in [0.5, 0.6) is 0 Å². The first-order valence-corrected chi connectivity index (χ1v) is 7.38. The molecule has 0 aromatic heterocycles. The summed E-state index contributed by atoms with van der Waals surface area (Å²) in [5, 5.41) is 2.94. The molecule has 0 radical (unpaired) electrons.